The van der Waals surface area contributed by atoms with E-state index >= 15 is 0 Å². The summed E-state index contributed by atoms with van der Waals surface area (Å²) in [6, 6.07) is 0. The Balaban J connectivity index is 1.90. The van der Waals surface area contributed by atoms with Crippen molar-refractivity contribution >= 4 is 28.6 Å². The van der Waals surface area contributed by atoms with Crippen LogP contribution in [0.25, 0.3) is 11.2 Å². The Hall–Kier alpha value is -1.78. The van der Waals surface area contributed by atoms with Gasteiger partial charge in [-0.15, -0.1) is 0 Å². The van der Waals surface area contributed by atoms with Gasteiger partial charge in [0.1, 0.15) is 24.6 Å². The molecule has 0 radical (unpaired) electrons. The Kier molecular flexibility index (Phi) is 4.97. The van der Waals surface area contributed by atoms with Gasteiger partial charge in [-0.3, -0.25) is 4.57 Å². The predicted octanol–water partition coefficient (Wildman–Crippen LogP) is -0.00770. The van der Waals surface area contributed by atoms with Crippen LogP contribution in [0.1, 0.15) is 13.2 Å². The lowest BCUT2D eigenvalue weighted by Crippen LogP contribution is -2.33. The normalized spacial score (nSPS) is 27.8. The summed E-state index contributed by atoms with van der Waals surface area (Å²) in [5, 5.41) is 33.0. The number of rotatable bonds is 5. The first-order valence-corrected chi connectivity index (χ1v) is 7.77. The van der Waals surface area contributed by atoms with Crippen molar-refractivity contribution in [1.82, 2.24) is 19.5 Å². The molecule has 0 spiro atoms. The van der Waals surface area contributed by atoms with Gasteiger partial charge < -0.3 is 25.4 Å². The first-order valence-electron chi connectivity index (χ1n) is 7.39. The zero-order valence-electron chi connectivity index (χ0n) is 12.9. The molecule has 1 fully saturated rings. The Bertz CT molecular complexity index is 748. The van der Waals surface area contributed by atoms with E-state index < -0.39 is 31.1 Å². The maximum atomic E-state index is 10.1. The average molecular weight is 356 g/mol. The molecule has 1 aliphatic rings. The fraction of sp³-hybridized carbons (Fsp3) is 0.500. The molecule has 4 unspecified atom stereocenters. The van der Waals surface area contributed by atoms with Crippen LogP contribution in [-0.2, 0) is 4.74 Å². The molecule has 2 aromatic heterocycles. The lowest BCUT2D eigenvalue weighted by atomic mass is 10.1. The molecular formula is C14H18ClN5O4. The van der Waals surface area contributed by atoms with E-state index in [9.17, 15) is 15.3 Å². The van der Waals surface area contributed by atoms with Crippen LogP contribution >= 0.6 is 11.6 Å². The largest absolute Gasteiger partial charge is 0.394 e. The highest BCUT2D eigenvalue weighted by atomic mass is 35.5. The number of halogens is 1. The number of hydrogen-bond acceptors (Lipinski definition) is 8. The van der Waals surface area contributed by atoms with E-state index in [0.29, 0.717) is 28.6 Å². The highest BCUT2D eigenvalue weighted by Gasteiger charge is 2.43. The number of aliphatic hydroxyl groups is 3. The number of allylic oxidation sites excluding steroid dienone is 1. The summed E-state index contributed by atoms with van der Waals surface area (Å²) in [5.41, 5.74) is 0.935. The molecule has 9 nitrogen and oxygen atoms in total. The summed E-state index contributed by atoms with van der Waals surface area (Å²) in [6.45, 7) is 1.85. The molecule has 1 aliphatic heterocycles. The van der Waals surface area contributed by atoms with Gasteiger partial charge in [-0.05, 0) is 6.92 Å². The molecule has 4 atom stereocenters. The SMILES string of the molecule is C/C(Cl)=C\CNc1ncnc2c1ncn2C1OC(CO)C(O)C1O. The van der Waals surface area contributed by atoms with Crippen LogP contribution < -0.4 is 5.32 Å². The van der Waals surface area contributed by atoms with Gasteiger partial charge in [-0.25, -0.2) is 15.0 Å². The number of anilines is 1. The van der Waals surface area contributed by atoms with Crippen molar-refractivity contribution in [1.29, 1.82) is 0 Å². The van der Waals surface area contributed by atoms with Gasteiger partial charge in [0.15, 0.2) is 23.2 Å². The maximum Gasteiger partial charge on any atom is 0.167 e. The molecule has 3 rings (SSSR count). The standard InChI is InChI=1S/C14H18ClN5O4/c1-7(15)2-3-16-12-9-13(18-5-17-12)20(6-19-9)14-11(23)10(22)8(4-21)24-14/h2,5-6,8,10-11,14,21-23H,3-4H2,1H3,(H,16,17,18)/b7-2+. The molecule has 0 aliphatic carbocycles. The maximum absolute atomic E-state index is 10.1. The molecular weight excluding hydrogens is 338 g/mol. The van der Waals surface area contributed by atoms with Crippen molar-refractivity contribution in [2.24, 2.45) is 0 Å². The van der Waals surface area contributed by atoms with E-state index in [1.54, 1.807) is 13.0 Å². The molecule has 0 bridgehead atoms. The van der Waals surface area contributed by atoms with Crippen molar-refractivity contribution < 1.29 is 20.1 Å². The van der Waals surface area contributed by atoms with Crippen molar-refractivity contribution in [3.8, 4) is 0 Å². The number of aliphatic hydroxyl groups excluding tert-OH is 3. The molecule has 0 saturated carbocycles. The van der Waals surface area contributed by atoms with Crippen molar-refractivity contribution in [3.05, 3.63) is 23.8 Å². The quantitative estimate of drug-likeness (QED) is 0.590. The minimum atomic E-state index is -1.20. The summed E-state index contributed by atoms with van der Waals surface area (Å²) >= 11 is 5.79. The van der Waals surface area contributed by atoms with Gasteiger partial charge >= 0.3 is 0 Å². The van der Waals surface area contributed by atoms with Crippen LogP contribution in [0.4, 0.5) is 5.82 Å². The second-order valence-corrected chi connectivity index (χ2v) is 6.04. The smallest absolute Gasteiger partial charge is 0.167 e. The van der Waals surface area contributed by atoms with Crippen LogP contribution in [0.5, 0.6) is 0 Å². The molecule has 4 N–H and O–H groups in total. The Morgan fingerprint density at radius 3 is 2.83 bits per heavy atom. The van der Waals surface area contributed by atoms with E-state index in [0.717, 1.165) is 0 Å². The fourth-order valence-corrected chi connectivity index (χ4v) is 2.64. The zero-order chi connectivity index (χ0) is 17.3. The second kappa shape index (κ2) is 6.99. The zero-order valence-corrected chi connectivity index (χ0v) is 13.6. The monoisotopic (exact) mass is 355 g/mol. The third-order valence-corrected chi connectivity index (χ3v) is 3.96. The number of fused-ring (bicyclic) bond motifs is 1. The first-order chi connectivity index (χ1) is 11.5. The second-order valence-electron chi connectivity index (χ2n) is 5.45. The highest BCUT2D eigenvalue weighted by Crippen LogP contribution is 2.31. The summed E-state index contributed by atoms with van der Waals surface area (Å²) in [5.74, 6) is 0.514. The van der Waals surface area contributed by atoms with Crippen LogP contribution in [0, 0.1) is 0 Å². The van der Waals surface area contributed by atoms with Gasteiger partial charge in [0.25, 0.3) is 0 Å². The third kappa shape index (κ3) is 3.08. The van der Waals surface area contributed by atoms with Crippen molar-refractivity contribution in [2.75, 3.05) is 18.5 Å². The van der Waals surface area contributed by atoms with Gasteiger partial charge in [0, 0.05) is 11.6 Å². The molecule has 0 amide bonds. The topological polar surface area (TPSA) is 126 Å². The van der Waals surface area contributed by atoms with Gasteiger partial charge in [-0.1, -0.05) is 17.7 Å². The Labute approximate surface area is 142 Å². The summed E-state index contributed by atoms with van der Waals surface area (Å²) < 4.78 is 7.01. The van der Waals surface area contributed by atoms with Gasteiger partial charge in [-0.2, -0.15) is 0 Å². The number of imidazole rings is 1. The van der Waals surface area contributed by atoms with Crippen LogP contribution in [0.3, 0.4) is 0 Å². The van der Waals surface area contributed by atoms with Crippen LogP contribution in [-0.4, -0.2) is 66.3 Å². The van der Waals surface area contributed by atoms with Crippen molar-refractivity contribution in [2.45, 2.75) is 31.5 Å². The van der Waals surface area contributed by atoms with Gasteiger partial charge in [0.05, 0.1) is 12.9 Å². The summed E-state index contributed by atoms with van der Waals surface area (Å²) in [6.07, 6.45) is 0.461. The molecule has 3 heterocycles. The van der Waals surface area contributed by atoms with Gasteiger partial charge in [0.2, 0.25) is 0 Å². The number of aromatic nitrogens is 4. The van der Waals surface area contributed by atoms with E-state index in [1.807, 2.05) is 0 Å². The molecule has 130 valence electrons. The molecule has 24 heavy (non-hydrogen) atoms. The number of ether oxygens (including phenoxy) is 1. The lowest BCUT2D eigenvalue weighted by Gasteiger charge is -2.16. The van der Waals surface area contributed by atoms with Crippen LogP contribution in [0.2, 0.25) is 0 Å². The van der Waals surface area contributed by atoms with E-state index in [-0.39, 0.29) is 0 Å². The summed E-state index contributed by atoms with van der Waals surface area (Å²) in [7, 11) is 0. The van der Waals surface area contributed by atoms with E-state index in [4.69, 9.17) is 16.3 Å². The highest BCUT2D eigenvalue weighted by molar-refractivity contribution is 6.29. The minimum Gasteiger partial charge on any atom is -0.394 e. The first kappa shape index (κ1) is 17.1. The van der Waals surface area contributed by atoms with Crippen LogP contribution in [0.15, 0.2) is 23.8 Å². The fourth-order valence-electron chi connectivity index (χ4n) is 2.57. The Morgan fingerprint density at radius 1 is 1.38 bits per heavy atom. The molecule has 1 saturated heterocycles. The molecule has 0 aromatic carbocycles. The molecule has 10 heteroatoms. The minimum absolute atomic E-state index is 0.396. The number of nitrogens with one attached hydrogen (secondary N) is 1. The molecule has 2 aromatic rings. The average Bonchev–Trinajstić information content (AvgIpc) is 3.10. The summed E-state index contributed by atoms with van der Waals surface area (Å²) in [4.78, 5) is 12.6. The number of nitrogens with zero attached hydrogens (tertiary/aromatic N) is 4. The van der Waals surface area contributed by atoms with E-state index in [1.165, 1.54) is 17.2 Å². The number of hydrogen-bond donors (Lipinski definition) is 4. The lowest BCUT2D eigenvalue weighted by molar-refractivity contribution is -0.0511. The third-order valence-electron chi connectivity index (χ3n) is 3.80. The Morgan fingerprint density at radius 2 is 2.17 bits per heavy atom. The van der Waals surface area contributed by atoms with E-state index in [2.05, 4.69) is 20.3 Å². The predicted molar refractivity (Wildman–Crippen MR) is 86.4 cm³/mol. The van der Waals surface area contributed by atoms with Crippen molar-refractivity contribution in [3.63, 3.8) is 0 Å².